The van der Waals surface area contributed by atoms with Gasteiger partial charge in [0.05, 0.1) is 35.0 Å². The Morgan fingerprint density at radius 3 is 2.74 bits per heavy atom. The van der Waals surface area contributed by atoms with E-state index in [0.717, 1.165) is 28.7 Å². The number of piperazine rings is 1. The van der Waals surface area contributed by atoms with Crippen molar-refractivity contribution < 1.29 is 8.42 Å². The molecule has 12 heteroatoms. The lowest BCUT2D eigenvalue weighted by Crippen LogP contribution is -2.48. The molecule has 2 N–H and O–H groups in total. The normalized spacial score (nSPS) is 16.7. The van der Waals surface area contributed by atoms with Crippen LogP contribution in [0.25, 0.3) is 21.9 Å². The van der Waals surface area contributed by atoms with E-state index < -0.39 is 10.0 Å². The minimum Gasteiger partial charge on any atom is -0.360 e. The molecule has 1 saturated heterocycles. The van der Waals surface area contributed by atoms with Gasteiger partial charge in [0.25, 0.3) is 0 Å². The van der Waals surface area contributed by atoms with Gasteiger partial charge in [-0.25, -0.2) is 23.4 Å². The van der Waals surface area contributed by atoms with Crippen LogP contribution in [-0.4, -0.2) is 81.5 Å². The van der Waals surface area contributed by atoms with Crippen molar-refractivity contribution in [3.8, 4) is 0 Å². The summed E-state index contributed by atoms with van der Waals surface area (Å²) in [7, 11) is -3.15. The first-order chi connectivity index (χ1) is 16.8. The second-order valence-corrected chi connectivity index (χ2v) is 11.2. The Labute approximate surface area is 208 Å². The zero-order valence-electron chi connectivity index (χ0n) is 19.6. The van der Waals surface area contributed by atoms with Crippen molar-refractivity contribution >= 4 is 49.4 Å². The first-order valence-electron chi connectivity index (χ1n) is 11.5. The summed E-state index contributed by atoms with van der Waals surface area (Å²) >= 11 is 6.60. The second kappa shape index (κ2) is 9.65. The lowest BCUT2D eigenvalue weighted by Gasteiger charge is -2.33. The van der Waals surface area contributed by atoms with Crippen molar-refractivity contribution in [2.45, 2.75) is 19.4 Å². The van der Waals surface area contributed by atoms with Gasteiger partial charge in [-0.05, 0) is 24.4 Å². The second-order valence-electron chi connectivity index (χ2n) is 8.77. The van der Waals surface area contributed by atoms with Gasteiger partial charge in [0, 0.05) is 44.5 Å². The smallest absolute Gasteiger partial charge is 0.211 e. The van der Waals surface area contributed by atoms with Crippen molar-refractivity contribution in [2.24, 2.45) is 0 Å². The molecule has 5 rings (SSSR count). The van der Waals surface area contributed by atoms with Gasteiger partial charge in [-0.1, -0.05) is 23.7 Å². The summed E-state index contributed by atoms with van der Waals surface area (Å²) in [5.74, 6) is 0.641. The average Bonchev–Trinajstić information content (AvgIpc) is 3.32. The van der Waals surface area contributed by atoms with Gasteiger partial charge in [-0.2, -0.15) is 4.31 Å². The molecule has 3 aromatic heterocycles. The van der Waals surface area contributed by atoms with E-state index in [4.69, 9.17) is 16.6 Å². The van der Waals surface area contributed by atoms with Crippen LogP contribution >= 0.6 is 11.6 Å². The van der Waals surface area contributed by atoms with Crippen LogP contribution in [0.1, 0.15) is 24.4 Å². The summed E-state index contributed by atoms with van der Waals surface area (Å²) in [6.45, 7) is 5.22. The Kier molecular flexibility index (Phi) is 6.58. The summed E-state index contributed by atoms with van der Waals surface area (Å²) in [4.78, 5) is 23.2. The first kappa shape index (κ1) is 23.9. The minimum absolute atomic E-state index is 0.134. The summed E-state index contributed by atoms with van der Waals surface area (Å²) in [6.07, 6.45) is 5.06. The number of anilines is 1. The number of benzene rings is 1. The largest absolute Gasteiger partial charge is 0.360 e. The highest BCUT2D eigenvalue weighted by Gasteiger charge is 2.23. The fraction of sp³-hybridized carbons (Fsp3) is 0.391. The number of aromatic nitrogens is 5. The number of nitrogens with one attached hydrogen (secondary N) is 2. The third-order valence-electron chi connectivity index (χ3n) is 6.38. The maximum absolute atomic E-state index is 11.8. The van der Waals surface area contributed by atoms with Gasteiger partial charge in [0.2, 0.25) is 10.0 Å². The zero-order chi connectivity index (χ0) is 24.6. The quantitative estimate of drug-likeness (QED) is 0.386. The maximum atomic E-state index is 11.8. The van der Waals surface area contributed by atoms with Crippen LogP contribution < -0.4 is 5.32 Å². The highest BCUT2D eigenvalue weighted by atomic mass is 35.5. The number of hydrogen-bond donors (Lipinski definition) is 2. The van der Waals surface area contributed by atoms with Crippen LogP contribution in [0.4, 0.5) is 5.82 Å². The highest BCUT2D eigenvalue weighted by Crippen LogP contribution is 2.30. The lowest BCUT2D eigenvalue weighted by atomic mass is 10.0. The molecular weight excluding hydrogens is 488 g/mol. The predicted octanol–water partition coefficient (Wildman–Crippen LogP) is 2.85. The van der Waals surface area contributed by atoms with E-state index in [2.05, 4.69) is 36.2 Å². The molecule has 1 fully saturated rings. The fourth-order valence-corrected chi connectivity index (χ4v) is 5.59. The van der Waals surface area contributed by atoms with Crippen LogP contribution in [-0.2, 0) is 16.4 Å². The molecule has 0 amide bonds. The van der Waals surface area contributed by atoms with E-state index in [1.165, 1.54) is 16.9 Å². The van der Waals surface area contributed by atoms with E-state index >= 15 is 0 Å². The lowest BCUT2D eigenvalue weighted by molar-refractivity contribution is 0.190. The molecule has 1 aliphatic rings. The molecule has 1 aliphatic heterocycles. The van der Waals surface area contributed by atoms with Gasteiger partial charge >= 0.3 is 0 Å². The van der Waals surface area contributed by atoms with Gasteiger partial charge in [-0.15, -0.1) is 0 Å². The first-order valence-corrected chi connectivity index (χ1v) is 13.7. The number of sulfonamides is 1. The standard InChI is InChI=1S/C23H27ClN8O2S/c1-15(29-23-21-22(26-13-25-21)27-14-28-23)19-12-16-4-3-5-17(24)20(16)18(30-19)6-7-31-8-10-32(11-9-31)35(2,33)34/h3-5,12-15H,6-11H2,1-2H3,(H2,25,26,27,28,29). The van der Waals surface area contributed by atoms with E-state index in [0.29, 0.717) is 54.6 Å². The Morgan fingerprint density at radius 2 is 1.97 bits per heavy atom. The molecule has 4 aromatic rings. The van der Waals surface area contributed by atoms with Gasteiger partial charge in [-0.3, -0.25) is 4.98 Å². The number of rotatable bonds is 7. The molecule has 4 heterocycles. The molecule has 0 bridgehead atoms. The van der Waals surface area contributed by atoms with Crippen LogP contribution in [0.15, 0.2) is 36.9 Å². The summed E-state index contributed by atoms with van der Waals surface area (Å²) in [5.41, 5.74) is 3.15. The molecule has 0 aliphatic carbocycles. The molecule has 10 nitrogen and oxygen atoms in total. The highest BCUT2D eigenvalue weighted by molar-refractivity contribution is 7.88. The number of nitrogens with zero attached hydrogens (tertiary/aromatic N) is 6. The van der Waals surface area contributed by atoms with Crippen LogP contribution in [0.3, 0.4) is 0 Å². The molecule has 1 unspecified atom stereocenters. The predicted molar refractivity (Wildman–Crippen MR) is 137 cm³/mol. The third-order valence-corrected chi connectivity index (χ3v) is 8.00. The molecular formula is C23H27ClN8O2S. The van der Waals surface area contributed by atoms with Crippen molar-refractivity contribution in [2.75, 3.05) is 44.3 Å². The Balaban J connectivity index is 1.38. The van der Waals surface area contributed by atoms with E-state index in [1.807, 2.05) is 25.1 Å². The van der Waals surface area contributed by atoms with Gasteiger partial charge in [0.1, 0.15) is 11.8 Å². The summed E-state index contributed by atoms with van der Waals surface area (Å²) in [5, 5.41) is 6.07. The van der Waals surface area contributed by atoms with Crippen molar-refractivity contribution in [1.82, 2.24) is 34.1 Å². The van der Waals surface area contributed by atoms with E-state index in [1.54, 1.807) is 6.33 Å². The molecule has 1 atom stereocenters. The SMILES string of the molecule is CC(Nc1ncnc2[nH]cnc12)c1cc2cccc(Cl)c2c(CCN2CCN(S(C)(=O)=O)CC2)n1. The monoisotopic (exact) mass is 514 g/mol. The molecule has 0 spiro atoms. The Morgan fingerprint density at radius 1 is 1.17 bits per heavy atom. The Hall–Kier alpha value is -2.86. The number of fused-ring (bicyclic) bond motifs is 2. The summed E-state index contributed by atoms with van der Waals surface area (Å²) in [6, 6.07) is 7.79. The maximum Gasteiger partial charge on any atom is 0.211 e. The Bertz CT molecular complexity index is 1470. The van der Waals surface area contributed by atoms with Crippen molar-refractivity contribution in [3.63, 3.8) is 0 Å². The number of halogens is 1. The molecule has 35 heavy (non-hydrogen) atoms. The summed E-state index contributed by atoms with van der Waals surface area (Å²) < 4.78 is 25.2. The minimum atomic E-state index is -3.15. The number of pyridine rings is 1. The third kappa shape index (κ3) is 5.08. The fourth-order valence-electron chi connectivity index (χ4n) is 4.47. The number of aromatic amines is 1. The van der Waals surface area contributed by atoms with Gasteiger partial charge in [0.15, 0.2) is 11.5 Å². The topological polar surface area (TPSA) is 120 Å². The number of hydrogen-bond acceptors (Lipinski definition) is 8. The van der Waals surface area contributed by atoms with Crippen LogP contribution in [0.5, 0.6) is 0 Å². The average molecular weight is 515 g/mol. The van der Waals surface area contributed by atoms with Crippen LogP contribution in [0.2, 0.25) is 5.02 Å². The molecule has 0 radical (unpaired) electrons. The number of H-pyrrole nitrogens is 1. The van der Waals surface area contributed by atoms with E-state index in [-0.39, 0.29) is 6.04 Å². The van der Waals surface area contributed by atoms with Crippen molar-refractivity contribution in [3.05, 3.63) is 53.3 Å². The van der Waals surface area contributed by atoms with E-state index in [9.17, 15) is 8.42 Å². The van der Waals surface area contributed by atoms with Crippen LogP contribution in [0, 0.1) is 0 Å². The zero-order valence-corrected chi connectivity index (χ0v) is 21.1. The van der Waals surface area contributed by atoms with Crippen molar-refractivity contribution in [1.29, 1.82) is 0 Å². The van der Waals surface area contributed by atoms with Gasteiger partial charge < -0.3 is 15.2 Å². The molecule has 184 valence electrons. The number of imidazole rings is 1. The molecule has 0 saturated carbocycles. The molecule has 1 aromatic carbocycles.